The fourth-order valence-electron chi connectivity index (χ4n) is 2.78. The van der Waals surface area contributed by atoms with Gasteiger partial charge in [0.15, 0.2) is 11.5 Å². The second-order valence-corrected chi connectivity index (χ2v) is 6.42. The Labute approximate surface area is 155 Å². The Morgan fingerprint density at radius 3 is 2.56 bits per heavy atom. The monoisotopic (exact) mass is 366 g/mol. The topological polar surface area (TPSA) is 75.0 Å². The predicted molar refractivity (Wildman–Crippen MR) is 98.6 cm³/mol. The van der Waals surface area contributed by atoms with Crippen LogP contribution in [-0.2, 0) is 4.79 Å². The molecule has 0 amide bonds. The van der Waals surface area contributed by atoms with Crippen LogP contribution < -0.4 is 19.6 Å². The van der Waals surface area contributed by atoms with Crippen molar-refractivity contribution in [3.63, 3.8) is 0 Å². The van der Waals surface area contributed by atoms with E-state index in [4.69, 9.17) is 18.6 Å². The lowest BCUT2D eigenvalue weighted by Gasteiger charge is -2.12. The van der Waals surface area contributed by atoms with E-state index in [0.717, 1.165) is 12.8 Å². The first kappa shape index (κ1) is 17.1. The molecule has 1 aromatic heterocycles. The zero-order chi connectivity index (χ0) is 19.0. The van der Waals surface area contributed by atoms with Gasteiger partial charge in [-0.15, -0.1) is 0 Å². The Kier molecular flexibility index (Phi) is 4.32. The smallest absolute Gasteiger partial charge is 0.314 e. The van der Waals surface area contributed by atoms with Crippen LogP contribution in [0.1, 0.15) is 18.6 Å². The lowest BCUT2D eigenvalue weighted by atomic mass is 10.2. The van der Waals surface area contributed by atoms with Crippen molar-refractivity contribution < 1.29 is 23.4 Å². The van der Waals surface area contributed by atoms with Crippen LogP contribution in [0.4, 0.5) is 0 Å². The molecule has 1 heterocycles. The molecule has 0 saturated heterocycles. The van der Waals surface area contributed by atoms with E-state index in [-0.39, 0.29) is 23.1 Å². The van der Waals surface area contributed by atoms with Crippen LogP contribution in [0.25, 0.3) is 11.0 Å². The average Bonchev–Trinajstić information content (AvgIpc) is 3.50. The van der Waals surface area contributed by atoms with Gasteiger partial charge < -0.3 is 18.6 Å². The standard InChI is InChI=1S/C21H18O6/c1-12-20(27-17-6-4-3-5-16(17)24-2)19(22)15-10-9-14(11-18(15)25-12)26-21(23)13-7-8-13/h3-6,9-11,13H,7-8H2,1-2H3. The number of benzene rings is 2. The summed E-state index contributed by atoms with van der Waals surface area (Å²) in [7, 11) is 1.53. The molecule has 1 fully saturated rings. The van der Waals surface area contributed by atoms with Crippen molar-refractivity contribution in [2.45, 2.75) is 19.8 Å². The molecule has 1 saturated carbocycles. The molecule has 138 valence electrons. The van der Waals surface area contributed by atoms with Gasteiger partial charge in [-0.3, -0.25) is 9.59 Å². The number of carbonyl (C=O) groups excluding carboxylic acids is 1. The van der Waals surface area contributed by atoms with Gasteiger partial charge in [0, 0.05) is 6.07 Å². The number of carbonyl (C=O) groups is 1. The molecule has 6 nitrogen and oxygen atoms in total. The number of rotatable bonds is 5. The number of esters is 1. The zero-order valence-corrected chi connectivity index (χ0v) is 15.0. The lowest BCUT2D eigenvalue weighted by molar-refractivity contribution is -0.135. The maximum absolute atomic E-state index is 12.9. The van der Waals surface area contributed by atoms with E-state index < -0.39 is 0 Å². The van der Waals surface area contributed by atoms with Gasteiger partial charge in [0.1, 0.15) is 17.1 Å². The average molecular weight is 366 g/mol. The van der Waals surface area contributed by atoms with Gasteiger partial charge in [0.25, 0.3) is 0 Å². The van der Waals surface area contributed by atoms with Crippen molar-refractivity contribution in [3.05, 3.63) is 58.4 Å². The fraction of sp³-hybridized carbons (Fsp3) is 0.238. The van der Waals surface area contributed by atoms with E-state index in [1.165, 1.54) is 7.11 Å². The molecular formula is C21H18O6. The van der Waals surface area contributed by atoms with E-state index in [9.17, 15) is 9.59 Å². The molecule has 0 radical (unpaired) electrons. The van der Waals surface area contributed by atoms with E-state index in [2.05, 4.69) is 0 Å². The molecule has 1 aliphatic carbocycles. The Morgan fingerprint density at radius 2 is 1.85 bits per heavy atom. The van der Waals surface area contributed by atoms with Gasteiger partial charge in [-0.1, -0.05) is 12.1 Å². The van der Waals surface area contributed by atoms with Crippen molar-refractivity contribution in [3.8, 4) is 23.0 Å². The predicted octanol–water partition coefficient (Wildman–Crippen LogP) is 4.22. The van der Waals surface area contributed by atoms with Gasteiger partial charge >= 0.3 is 5.97 Å². The third kappa shape index (κ3) is 3.38. The molecule has 6 heteroatoms. The van der Waals surface area contributed by atoms with Crippen molar-refractivity contribution in [2.24, 2.45) is 5.92 Å². The molecule has 0 aliphatic heterocycles. The number of methoxy groups -OCH3 is 1. The molecule has 27 heavy (non-hydrogen) atoms. The molecule has 0 atom stereocenters. The highest BCUT2D eigenvalue weighted by atomic mass is 16.5. The summed E-state index contributed by atoms with van der Waals surface area (Å²) in [6.07, 6.45) is 1.73. The molecular weight excluding hydrogens is 348 g/mol. The van der Waals surface area contributed by atoms with Crippen molar-refractivity contribution in [2.75, 3.05) is 7.11 Å². The quantitative estimate of drug-likeness (QED) is 0.497. The van der Waals surface area contributed by atoms with Gasteiger partial charge in [-0.25, -0.2) is 0 Å². The van der Waals surface area contributed by atoms with Crippen LogP contribution in [0.5, 0.6) is 23.0 Å². The van der Waals surface area contributed by atoms with E-state index in [0.29, 0.717) is 34.0 Å². The number of para-hydroxylation sites is 2. The molecule has 3 aromatic rings. The van der Waals surface area contributed by atoms with Crippen LogP contribution in [0.2, 0.25) is 0 Å². The summed E-state index contributed by atoms with van der Waals surface area (Å²) in [4.78, 5) is 24.7. The highest BCUT2D eigenvalue weighted by Gasteiger charge is 2.31. The third-order valence-electron chi connectivity index (χ3n) is 4.40. The summed E-state index contributed by atoms with van der Waals surface area (Å²) in [5.74, 6) is 1.46. The van der Waals surface area contributed by atoms with Crippen LogP contribution in [0, 0.1) is 12.8 Å². The van der Waals surface area contributed by atoms with Crippen molar-refractivity contribution >= 4 is 16.9 Å². The minimum Gasteiger partial charge on any atom is -0.493 e. The maximum Gasteiger partial charge on any atom is 0.314 e. The minimum absolute atomic E-state index is 0.00827. The largest absolute Gasteiger partial charge is 0.493 e. The Hall–Kier alpha value is -3.28. The van der Waals surface area contributed by atoms with Gasteiger partial charge in [-0.2, -0.15) is 0 Å². The minimum atomic E-state index is -0.306. The second-order valence-electron chi connectivity index (χ2n) is 6.42. The summed E-state index contributed by atoms with van der Waals surface area (Å²) >= 11 is 0. The Morgan fingerprint density at radius 1 is 1.11 bits per heavy atom. The number of ether oxygens (including phenoxy) is 3. The molecule has 1 aliphatic rings. The molecule has 0 bridgehead atoms. The summed E-state index contributed by atoms with van der Waals surface area (Å²) in [6, 6.07) is 11.8. The molecule has 2 aromatic carbocycles. The number of fused-ring (bicyclic) bond motifs is 1. The summed E-state index contributed by atoms with van der Waals surface area (Å²) in [5.41, 5.74) is 0.0331. The van der Waals surface area contributed by atoms with Crippen molar-refractivity contribution in [1.82, 2.24) is 0 Å². The molecule has 0 unspecified atom stereocenters. The second kappa shape index (κ2) is 6.79. The summed E-state index contributed by atoms with van der Waals surface area (Å²) in [5, 5.41) is 0.344. The molecule has 0 spiro atoms. The van der Waals surface area contributed by atoms with E-state index in [1.54, 1.807) is 43.3 Å². The highest BCUT2D eigenvalue weighted by Crippen LogP contribution is 2.34. The first-order valence-corrected chi connectivity index (χ1v) is 8.67. The summed E-state index contributed by atoms with van der Waals surface area (Å²) < 4.78 is 22.1. The van der Waals surface area contributed by atoms with Crippen LogP contribution in [0.15, 0.2) is 51.7 Å². The molecule has 0 N–H and O–H groups in total. The maximum atomic E-state index is 12.9. The number of aryl methyl sites for hydroxylation is 1. The molecule has 4 rings (SSSR count). The number of hydrogen-bond donors (Lipinski definition) is 0. The van der Waals surface area contributed by atoms with Crippen LogP contribution >= 0.6 is 0 Å². The normalized spacial score (nSPS) is 13.4. The fourth-order valence-corrected chi connectivity index (χ4v) is 2.78. The number of hydrogen-bond acceptors (Lipinski definition) is 6. The van der Waals surface area contributed by atoms with Crippen LogP contribution in [-0.4, -0.2) is 13.1 Å². The Bertz CT molecular complexity index is 1080. The summed E-state index contributed by atoms with van der Waals surface area (Å²) in [6.45, 7) is 1.65. The van der Waals surface area contributed by atoms with Gasteiger partial charge in [0.2, 0.25) is 11.2 Å². The van der Waals surface area contributed by atoms with Crippen LogP contribution in [0.3, 0.4) is 0 Å². The first-order valence-electron chi connectivity index (χ1n) is 8.67. The first-order chi connectivity index (χ1) is 13.1. The SMILES string of the molecule is COc1ccccc1Oc1c(C)oc2cc(OC(=O)C3CC3)ccc2c1=O. The Balaban J connectivity index is 1.70. The zero-order valence-electron chi connectivity index (χ0n) is 15.0. The van der Waals surface area contributed by atoms with Gasteiger partial charge in [0.05, 0.1) is 18.4 Å². The third-order valence-corrected chi connectivity index (χ3v) is 4.40. The van der Waals surface area contributed by atoms with Gasteiger partial charge in [-0.05, 0) is 44.0 Å². The lowest BCUT2D eigenvalue weighted by Crippen LogP contribution is -2.11. The van der Waals surface area contributed by atoms with Crippen molar-refractivity contribution in [1.29, 1.82) is 0 Å². The van der Waals surface area contributed by atoms with E-state index >= 15 is 0 Å². The van der Waals surface area contributed by atoms with E-state index in [1.807, 2.05) is 6.07 Å². The highest BCUT2D eigenvalue weighted by molar-refractivity contribution is 5.82.